The van der Waals surface area contributed by atoms with Crippen molar-refractivity contribution in [3.05, 3.63) is 28.2 Å². The zero-order valence-electron chi connectivity index (χ0n) is 13.1. The molecular formula is C16H22BrNO3. The van der Waals surface area contributed by atoms with E-state index in [0.717, 1.165) is 10.0 Å². The van der Waals surface area contributed by atoms with Crippen molar-refractivity contribution in [3.63, 3.8) is 0 Å². The fourth-order valence-corrected chi connectivity index (χ4v) is 2.37. The third-order valence-electron chi connectivity index (χ3n) is 3.11. The lowest BCUT2D eigenvalue weighted by atomic mass is 9.80. The molecule has 1 N–H and O–H groups in total. The van der Waals surface area contributed by atoms with Gasteiger partial charge in [-0.2, -0.15) is 0 Å². The highest BCUT2D eigenvalue weighted by atomic mass is 79.9. The van der Waals surface area contributed by atoms with Gasteiger partial charge in [0.25, 0.3) is 0 Å². The standard InChI is InChI=1S/C16H22BrNO3/c1-6-21-15(20)13(16(3,4)5)14(19)18-12-9-11(17)8-7-10(12)2/h7-9,13H,6H2,1-5H3,(H,18,19). The van der Waals surface area contributed by atoms with Gasteiger partial charge in [-0.1, -0.05) is 42.8 Å². The molecule has 0 saturated heterocycles. The second kappa shape index (κ2) is 7.07. The number of amides is 1. The first-order valence-electron chi connectivity index (χ1n) is 6.90. The lowest BCUT2D eigenvalue weighted by Crippen LogP contribution is -2.40. The molecule has 0 bridgehead atoms. The minimum Gasteiger partial charge on any atom is -0.465 e. The number of hydrogen-bond donors (Lipinski definition) is 1. The third-order valence-corrected chi connectivity index (χ3v) is 3.60. The molecule has 0 spiro atoms. The number of ether oxygens (including phenoxy) is 1. The Balaban J connectivity index is 3.01. The van der Waals surface area contributed by atoms with Crippen molar-refractivity contribution in [1.29, 1.82) is 0 Å². The molecule has 0 heterocycles. The summed E-state index contributed by atoms with van der Waals surface area (Å²) >= 11 is 3.37. The molecule has 21 heavy (non-hydrogen) atoms. The largest absolute Gasteiger partial charge is 0.465 e. The average Bonchev–Trinajstić information content (AvgIpc) is 2.32. The molecule has 0 aliphatic heterocycles. The molecular weight excluding hydrogens is 334 g/mol. The van der Waals surface area contributed by atoms with Crippen molar-refractivity contribution < 1.29 is 14.3 Å². The van der Waals surface area contributed by atoms with Gasteiger partial charge in [0.05, 0.1) is 6.61 Å². The van der Waals surface area contributed by atoms with Gasteiger partial charge in [0, 0.05) is 10.2 Å². The molecule has 5 heteroatoms. The Hall–Kier alpha value is -1.36. The Morgan fingerprint density at radius 3 is 2.48 bits per heavy atom. The number of hydrogen-bond acceptors (Lipinski definition) is 3. The summed E-state index contributed by atoms with van der Waals surface area (Å²) in [7, 11) is 0. The maximum atomic E-state index is 12.5. The molecule has 0 radical (unpaired) electrons. The highest BCUT2D eigenvalue weighted by Gasteiger charge is 2.39. The van der Waals surface area contributed by atoms with Crippen LogP contribution in [0.3, 0.4) is 0 Å². The van der Waals surface area contributed by atoms with E-state index in [4.69, 9.17) is 4.74 Å². The summed E-state index contributed by atoms with van der Waals surface area (Å²) in [4.78, 5) is 24.6. The van der Waals surface area contributed by atoms with Crippen molar-refractivity contribution in [3.8, 4) is 0 Å². The van der Waals surface area contributed by atoms with E-state index in [0.29, 0.717) is 5.69 Å². The van der Waals surface area contributed by atoms with E-state index < -0.39 is 17.3 Å². The van der Waals surface area contributed by atoms with Gasteiger partial charge < -0.3 is 10.1 Å². The maximum absolute atomic E-state index is 12.5. The van der Waals surface area contributed by atoms with E-state index >= 15 is 0 Å². The van der Waals surface area contributed by atoms with E-state index in [-0.39, 0.29) is 12.5 Å². The second-order valence-electron chi connectivity index (χ2n) is 6.00. The van der Waals surface area contributed by atoms with Crippen molar-refractivity contribution in [1.82, 2.24) is 0 Å². The van der Waals surface area contributed by atoms with E-state index in [1.807, 2.05) is 45.9 Å². The van der Waals surface area contributed by atoms with Crippen LogP contribution in [0.1, 0.15) is 33.3 Å². The van der Waals surface area contributed by atoms with Gasteiger partial charge >= 0.3 is 5.97 Å². The number of esters is 1. The van der Waals surface area contributed by atoms with Gasteiger partial charge in [-0.25, -0.2) is 0 Å². The minimum atomic E-state index is -0.851. The summed E-state index contributed by atoms with van der Waals surface area (Å²) in [6, 6.07) is 5.62. The average molecular weight is 356 g/mol. The molecule has 4 nitrogen and oxygen atoms in total. The molecule has 1 unspecified atom stereocenters. The number of nitrogens with one attached hydrogen (secondary N) is 1. The number of aryl methyl sites for hydroxylation is 1. The molecule has 1 rings (SSSR count). The van der Waals surface area contributed by atoms with Crippen molar-refractivity contribution >= 4 is 33.5 Å². The summed E-state index contributed by atoms with van der Waals surface area (Å²) in [5.41, 5.74) is 1.10. The van der Waals surface area contributed by atoms with E-state index in [1.54, 1.807) is 6.92 Å². The van der Waals surface area contributed by atoms with Crippen molar-refractivity contribution in [2.75, 3.05) is 11.9 Å². The van der Waals surface area contributed by atoms with Crippen LogP contribution >= 0.6 is 15.9 Å². The molecule has 0 fully saturated rings. The quantitative estimate of drug-likeness (QED) is 0.657. The van der Waals surface area contributed by atoms with E-state index in [1.165, 1.54) is 0 Å². The summed E-state index contributed by atoms with van der Waals surface area (Å²) in [6.45, 7) is 9.44. The summed E-state index contributed by atoms with van der Waals surface area (Å²) in [5.74, 6) is -1.69. The lowest BCUT2D eigenvalue weighted by Gasteiger charge is -2.27. The normalized spacial score (nSPS) is 12.7. The van der Waals surface area contributed by atoms with Gasteiger partial charge in [-0.15, -0.1) is 0 Å². The Morgan fingerprint density at radius 2 is 1.95 bits per heavy atom. The first kappa shape index (κ1) is 17.7. The van der Waals surface area contributed by atoms with Crippen LogP contribution in [0.5, 0.6) is 0 Å². The van der Waals surface area contributed by atoms with E-state index in [2.05, 4.69) is 21.2 Å². The molecule has 1 amide bonds. The molecule has 1 aromatic rings. The molecule has 0 aliphatic carbocycles. The first-order chi connectivity index (χ1) is 9.66. The Bertz CT molecular complexity index is 535. The Morgan fingerprint density at radius 1 is 1.33 bits per heavy atom. The first-order valence-corrected chi connectivity index (χ1v) is 7.69. The topological polar surface area (TPSA) is 55.4 Å². The monoisotopic (exact) mass is 355 g/mol. The number of anilines is 1. The zero-order chi connectivity index (χ0) is 16.2. The number of carbonyl (C=O) groups excluding carboxylic acids is 2. The predicted molar refractivity (Wildman–Crippen MR) is 87.1 cm³/mol. The zero-order valence-corrected chi connectivity index (χ0v) is 14.7. The fourth-order valence-electron chi connectivity index (χ4n) is 2.01. The number of rotatable bonds is 4. The van der Waals surface area contributed by atoms with Crippen molar-refractivity contribution in [2.24, 2.45) is 11.3 Å². The molecule has 0 saturated carbocycles. The van der Waals surface area contributed by atoms with Gasteiger partial charge in [-0.3, -0.25) is 9.59 Å². The molecule has 116 valence electrons. The van der Waals surface area contributed by atoms with Gasteiger partial charge in [-0.05, 0) is 37.0 Å². The number of carbonyl (C=O) groups is 2. The smallest absolute Gasteiger partial charge is 0.319 e. The molecule has 1 aromatic carbocycles. The summed E-state index contributed by atoms with van der Waals surface area (Å²) < 4.78 is 5.90. The lowest BCUT2D eigenvalue weighted by molar-refractivity contribution is -0.155. The molecule has 0 aromatic heterocycles. The van der Waals surface area contributed by atoms with Crippen LogP contribution in [0.4, 0.5) is 5.69 Å². The summed E-state index contributed by atoms with van der Waals surface area (Å²) in [5, 5.41) is 2.83. The van der Waals surface area contributed by atoms with Crippen molar-refractivity contribution in [2.45, 2.75) is 34.6 Å². The van der Waals surface area contributed by atoms with Crippen LogP contribution in [-0.2, 0) is 14.3 Å². The van der Waals surface area contributed by atoms with E-state index in [9.17, 15) is 9.59 Å². The second-order valence-corrected chi connectivity index (χ2v) is 6.92. The van der Waals surface area contributed by atoms with Gasteiger partial charge in [0.2, 0.25) is 5.91 Å². The maximum Gasteiger partial charge on any atom is 0.319 e. The highest BCUT2D eigenvalue weighted by Crippen LogP contribution is 2.29. The molecule has 1 atom stereocenters. The summed E-state index contributed by atoms with van der Waals surface area (Å²) in [6.07, 6.45) is 0. The number of benzene rings is 1. The van der Waals surface area contributed by atoms with Crippen LogP contribution in [0.15, 0.2) is 22.7 Å². The Kier molecular flexibility index (Phi) is 5.96. The fraction of sp³-hybridized carbons (Fsp3) is 0.500. The van der Waals surface area contributed by atoms with Gasteiger partial charge in [0.1, 0.15) is 5.92 Å². The minimum absolute atomic E-state index is 0.259. The van der Waals surface area contributed by atoms with Crippen LogP contribution in [0.2, 0.25) is 0 Å². The van der Waals surface area contributed by atoms with Crippen LogP contribution < -0.4 is 5.32 Å². The van der Waals surface area contributed by atoms with Crippen LogP contribution in [0, 0.1) is 18.3 Å². The van der Waals surface area contributed by atoms with Crippen LogP contribution in [0.25, 0.3) is 0 Å². The SMILES string of the molecule is CCOC(=O)C(C(=O)Nc1cc(Br)ccc1C)C(C)(C)C. The molecule has 0 aliphatic rings. The highest BCUT2D eigenvalue weighted by molar-refractivity contribution is 9.10. The van der Waals surface area contributed by atoms with Gasteiger partial charge in [0.15, 0.2) is 0 Å². The van der Waals surface area contributed by atoms with Crippen LogP contribution in [-0.4, -0.2) is 18.5 Å². The predicted octanol–water partition coefficient (Wildman–Crippen LogP) is 3.92. The third kappa shape index (κ3) is 4.84. The Labute approximate surface area is 134 Å². The number of halogens is 1.